The lowest BCUT2D eigenvalue weighted by molar-refractivity contribution is 0.466. The number of nitrogens with one attached hydrogen (secondary N) is 1. The molecule has 1 aromatic heterocycles. The summed E-state index contributed by atoms with van der Waals surface area (Å²) in [7, 11) is 0. The van der Waals surface area contributed by atoms with E-state index in [-0.39, 0.29) is 0 Å². The van der Waals surface area contributed by atoms with Gasteiger partial charge in [-0.05, 0) is 24.8 Å². The highest BCUT2D eigenvalue weighted by Crippen LogP contribution is 2.40. The fourth-order valence-corrected chi connectivity index (χ4v) is 2.71. The molecule has 1 saturated carbocycles. The monoisotopic (exact) mass is 267 g/mol. The number of pyridine rings is 1. The van der Waals surface area contributed by atoms with Crippen LogP contribution in [0.4, 0.5) is 5.82 Å². The van der Waals surface area contributed by atoms with Crippen LogP contribution >= 0.6 is 23.2 Å². The number of allylic oxidation sites excluding steroid dienone is 2. The van der Waals surface area contributed by atoms with Gasteiger partial charge in [0, 0.05) is 17.8 Å². The summed E-state index contributed by atoms with van der Waals surface area (Å²) in [5, 5.41) is 5.38. The van der Waals surface area contributed by atoms with Gasteiger partial charge in [0.1, 0.15) is 0 Å². The number of anilines is 1. The average Bonchev–Trinajstić information content (AvgIpc) is 2.63. The van der Waals surface area contributed by atoms with Crippen LogP contribution in [0.5, 0.6) is 0 Å². The summed E-state index contributed by atoms with van der Waals surface area (Å²) in [6, 6.07) is 1.65. The molecule has 2 aliphatic carbocycles. The van der Waals surface area contributed by atoms with E-state index in [1.165, 1.54) is 5.71 Å². The van der Waals surface area contributed by atoms with Gasteiger partial charge in [0.05, 0.1) is 10.0 Å². The summed E-state index contributed by atoms with van der Waals surface area (Å²) >= 11 is 11.8. The zero-order valence-corrected chi connectivity index (χ0v) is 10.5. The predicted molar refractivity (Wildman–Crippen MR) is 70.7 cm³/mol. The van der Waals surface area contributed by atoms with E-state index in [0.29, 0.717) is 27.7 Å². The molecule has 0 radical (unpaired) electrons. The Morgan fingerprint density at radius 1 is 1.41 bits per heavy atom. The lowest BCUT2D eigenvalue weighted by Crippen LogP contribution is -2.33. The molecule has 0 bridgehead atoms. The second kappa shape index (κ2) is 4.31. The molecule has 0 unspecified atom stereocenters. The minimum atomic E-state index is 0.488. The van der Waals surface area contributed by atoms with Crippen LogP contribution < -0.4 is 5.43 Å². The van der Waals surface area contributed by atoms with Crippen LogP contribution in [0, 0.1) is 11.8 Å². The van der Waals surface area contributed by atoms with Gasteiger partial charge in [0.25, 0.3) is 0 Å². The van der Waals surface area contributed by atoms with E-state index in [0.717, 1.165) is 12.8 Å². The third-order valence-electron chi connectivity index (χ3n) is 3.28. The Morgan fingerprint density at radius 2 is 2.29 bits per heavy atom. The van der Waals surface area contributed by atoms with Crippen molar-refractivity contribution in [3.8, 4) is 0 Å². The van der Waals surface area contributed by atoms with E-state index in [1.807, 2.05) is 0 Å². The van der Waals surface area contributed by atoms with Crippen molar-refractivity contribution in [1.82, 2.24) is 4.98 Å². The summed E-state index contributed by atoms with van der Waals surface area (Å²) in [5.74, 6) is 1.84. The highest BCUT2D eigenvalue weighted by Gasteiger charge is 2.37. The second-order valence-electron chi connectivity index (χ2n) is 4.34. The lowest BCUT2D eigenvalue weighted by atomic mass is 9.74. The molecule has 3 rings (SSSR count). The average molecular weight is 268 g/mol. The Bertz CT molecular complexity index is 510. The molecule has 0 amide bonds. The fourth-order valence-electron chi connectivity index (χ4n) is 2.28. The Balaban J connectivity index is 1.70. The number of halogens is 2. The highest BCUT2D eigenvalue weighted by molar-refractivity contribution is 6.35. The second-order valence-corrected chi connectivity index (χ2v) is 5.18. The van der Waals surface area contributed by atoms with Gasteiger partial charge in [0.15, 0.2) is 5.82 Å². The first kappa shape index (κ1) is 11.1. The summed E-state index contributed by atoms with van der Waals surface area (Å²) in [6.07, 6.45) is 8.20. The first-order valence-electron chi connectivity index (χ1n) is 5.54. The van der Waals surface area contributed by atoms with E-state index >= 15 is 0 Å². The lowest BCUT2D eigenvalue weighted by Gasteiger charge is -2.31. The number of nitrogens with zero attached hydrogens (tertiary/aromatic N) is 2. The van der Waals surface area contributed by atoms with Gasteiger partial charge in [-0.2, -0.15) is 5.10 Å². The number of hydrogen-bond acceptors (Lipinski definition) is 3. The van der Waals surface area contributed by atoms with E-state index in [1.54, 1.807) is 12.3 Å². The maximum Gasteiger partial charge on any atom is 0.165 e. The molecule has 1 N–H and O–H groups in total. The third kappa shape index (κ3) is 2.05. The highest BCUT2D eigenvalue weighted by atomic mass is 35.5. The van der Waals surface area contributed by atoms with E-state index in [2.05, 4.69) is 27.7 Å². The zero-order valence-electron chi connectivity index (χ0n) is 9.03. The molecule has 1 aromatic rings. The SMILES string of the molecule is Clc1cnc(N/N=C2/C[C@H]3C=CC[C@H]23)c(Cl)c1. The van der Waals surface area contributed by atoms with Gasteiger partial charge in [-0.15, -0.1) is 0 Å². The summed E-state index contributed by atoms with van der Waals surface area (Å²) < 4.78 is 0. The van der Waals surface area contributed by atoms with Crippen LogP contribution in [-0.4, -0.2) is 10.7 Å². The Morgan fingerprint density at radius 3 is 3.06 bits per heavy atom. The van der Waals surface area contributed by atoms with Crippen LogP contribution in [0.1, 0.15) is 12.8 Å². The molecule has 17 heavy (non-hydrogen) atoms. The Hall–Kier alpha value is -1.06. The first-order chi connectivity index (χ1) is 8.24. The molecule has 88 valence electrons. The van der Waals surface area contributed by atoms with Gasteiger partial charge in [0.2, 0.25) is 0 Å². The minimum absolute atomic E-state index is 0.488. The van der Waals surface area contributed by atoms with Crippen LogP contribution in [0.2, 0.25) is 10.0 Å². The smallest absolute Gasteiger partial charge is 0.165 e. The number of hydrazone groups is 1. The number of hydrogen-bond donors (Lipinski definition) is 1. The van der Waals surface area contributed by atoms with Crippen molar-refractivity contribution >= 4 is 34.7 Å². The van der Waals surface area contributed by atoms with Crippen molar-refractivity contribution in [1.29, 1.82) is 0 Å². The number of rotatable bonds is 2. The molecular weight excluding hydrogens is 257 g/mol. The van der Waals surface area contributed by atoms with Gasteiger partial charge < -0.3 is 0 Å². The summed E-state index contributed by atoms with van der Waals surface area (Å²) in [6.45, 7) is 0. The number of aromatic nitrogens is 1. The minimum Gasteiger partial charge on any atom is -0.260 e. The summed E-state index contributed by atoms with van der Waals surface area (Å²) in [5.41, 5.74) is 4.11. The predicted octanol–water partition coefficient (Wildman–Crippen LogP) is 3.75. The van der Waals surface area contributed by atoms with Crippen LogP contribution in [0.15, 0.2) is 29.5 Å². The standard InChI is InChI=1S/C12H11Cl2N3/c13-8-5-10(14)12(15-6-8)17-16-11-4-7-2-1-3-9(7)11/h1-2,5-7,9H,3-4H2,(H,15,17)/b16-11-/t7-,9+/m1/s1. The topological polar surface area (TPSA) is 37.3 Å². The van der Waals surface area contributed by atoms with Crippen molar-refractivity contribution in [2.45, 2.75) is 12.8 Å². The first-order valence-corrected chi connectivity index (χ1v) is 6.30. The van der Waals surface area contributed by atoms with Gasteiger partial charge in [-0.25, -0.2) is 4.98 Å². The van der Waals surface area contributed by atoms with E-state index < -0.39 is 0 Å². The molecule has 1 fully saturated rings. The molecule has 2 atom stereocenters. The molecule has 3 nitrogen and oxygen atoms in total. The Kier molecular flexibility index (Phi) is 2.81. The molecule has 2 aliphatic rings. The van der Waals surface area contributed by atoms with Gasteiger partial charge in [-0.1, -0.05) is 35.4 Å². The van der Waals surface area contributed by atoms with Crippen molar-refractivity contribution < 1.29 is 0 Å². The molecule has 0 saturated heterocycles. The maximum atomic E-state index is 5.99. The van der Waals surface area contributed by atoms with E-state index in [4.69, 9.17) is 23.2 Å². The molecule has 0 aliphatic heterocycles. The van der Waals surface area contributed by atoms with Crippen LogP contribution in [-0.2, 0) is 0 Å². The molecule has 1 heterocycles. The maximum absolute atomic E-state index is 5.99. The quantitative estimate of drug-likeness (QED) is 0.655. The van der Waals surface area contributed by atoms with Crippen LogP contribution in [0.25, 0.3) is 0 Å². The fraction of sp³-hybridized carbons (Fsp3) is 0.333. The largest absolute Gasteiger partial charge is 0.260 e. The van der Waals surface area contributed by atoms with Gasteiger partial charge in [-0.3, -0.25) is 5.43 Å². The van der Waals surface area contributed by atoms with Gasteiger partial charge >= 0.3 is 0 Å². The molecule has 5 heteroatoms. The summed E-state index contributed by atoms with van der Waals surface area (Å²) in [4.78, 5) is 4.10. The molecular formula is C12H11Cl2N3. The molecule has 0 aromatic carbocycles. The van der Waals surface area contributed by atoms with Crippen molar-refractivity contribution in [2.75, 3.05) is 5.43 Å². The normalized spacial score (nSPS) is 28.0. The van der Waals surface area contributed by atoms with Crippen molar-refractivity contribution in [2.24, 2.45) is 16.9 Å². The van der Waals surface area contributed by atoms with Crippen LogP contribution in [0.3, 0.4) is 0 Å². The van der Waals surface area contributed by atoms with Crippen molar-refractivity contribution in [3.05, 3.63) is 34.5 Å². The Labute approximate surface area is 110 Å². The number of fused-ring (bicyclic) bond motifs is 1. The third-order valence-corrected chi connectivity index (χ3v) is 3.77. The zero-order chi connectivity index (χ0) is 11.8. The molecule has 0 spiro atoms. The van der Waals surface area contributed by atoms with Crippen molar-refractivity contribution in [3.63, 3.8) is 0 Å². The van der Waals surface area contributed by atoms with E-state index in [9.17, 15) is 0 Å².